The average Bonchev–Trinajstić information content (AvgIpc) is 2.91. The number of rotatable bonds is 12. The lowest BCUT2D eigenvalue weighted by molar-refractivity contribution is -0.132. The molecule has 1 aliphatic heterocycles. The zero-order chi connectivity index (χ0) is 28.5. The van der Waals surface area contributed by atoms with Crippen molar-refractivity contribution in [1.29, 1.82) is 0 Å². The van der Waals surface area contributed by atoms with Gasteiger partial charge in [-0.1, -0.05) is 39.0 Å². The molecule has 0 spiro atoms. The lowest BCUT2D eigenvalue weighted by atomic mass is 9.87. The third-order valence-electron chi connectivity index (χ3n) is 7.24. The van der Waals surface area contributed by atoms with Gasteiger partial charge in [0.25, 0.3) is 0 Å². The summed E-state index contributed by atoms with van der Waals surface area (Å²) in [6.07, 6.45) is 1.98. The Labute approximate surface area is 229 Å². The maximum absolute atomic E-state index is 13.6. The van der Waals surface area contributed by atoms with Gasteiger partial charge in [0, 0.05) is 44.2 Å². The van der Waals surface area contributed by atoms with Crippen molar-refractivity contribution < 1.29 is 29.4 Å². The highest BCUT2D eigenvalue weighted by Gasteiger charge is 2.25. The van der Waals surface area contributed by atoms with E-state index in [9.17, 15) is 29.4 Å². The van der Waals surface area contributed by atoms with Gasteiger partial charge >= 0.3 is 11.9 Å². The minimum absolute atomic E-state index is 0.0695. The fourth-order valence-electron chi connectivity index (χ4n) is 4.93. The van der Waals surface area contributed by atoms with E-state index in [1.54, 1.807) is 18.2 Å². The van der Waals surface area contributed by atoms with Crippen LogP contribution in [-0.4, -0.2) is 65.0 Å². The Hall–Kier alpha value is -3.72. The van der Waals surface area contributed by atoms with Crippen molar-refractivity contribution in [2.45, 2.75) is 52.4 Å². The number of aromatic carboxylic acids is 2. The summed E-state index contributed by atoms with van der Waals surface area (Å²) in [6.45, 7) is 8.99. The molecule has 9 nitrogen and oxygen atoms in total. The highest BCUT2D eigenvalue weighted by molar-refractivity contribution is 5.96. The number of hydrogen-bond donors (Lipinski definition) is 4. The molecule has 1 aliphatic rings. The van der Waals surface area contributed by atoms with Gasteiger partial charge in [-0.25, -0.2) is 9.59 Å². The number of piperazine rings is 1. The smallest absolute Gasteiger partial charge is 0.335 e. The molecule has 0 aromatic heterocycles. The standard InChI is InChI=1S/C30H39N3O6/c1-19(2)25-10-9-23(30(38)39)18-26(25)32-28(35)24(17-21-5-7-22(8-6-21)29(36)37)16-20(3)4-11-27(34)33-14-12-31-13-15-33/h5-10,18-20,24,31H,4,11-17H2,1-3H3,(H,32,35)(H,36,37)(H,38,39). The van der Waals surface area contributed by atoms with Crippen molar-refractivity contribution in [3.8, 4) is 0 Å². The van der Waals surface area contributed by atoms with Crippen LogP contribution in [0.5, 0.6) is 0 Å². The van der Waals surface area contributed by atoms with E-state index in [1.165, 1.54) is 24.3 Å². The summed E-state index contributed by atoms with van der Waals surface area (Å²) in [5, 5.41) is 24.9. The zero-order valence-electron chi connectivity index (χ0n) is 22.9. The van der Waals surface area contributed by atoms with Crippen LogP contribution >= 0.6 is 0 Å². The van der Waals surface area contributed by atoms with Crippen molar-refractivity contribution in [3.05, 3.63) is 64.7 Å². The van der Waals surface area contributed by atoms with Gasteiger partial charge in [0.05, 0.1) is 11.1 Å². The van der Waals surface area contributed by atoms with E-state index in [1.807, 2.05) is 25.7 Å². The van der Waals surface area contributed by atoms with Gasteiger partial charge in [0.15, 0.2) is 0 Å². The van der Waals surface area contributed by atoms with E-state index in [-0.39, 0.29) is 34.8 Å². The lowest BCUT2D eigenvalue weighted by Gasteiger charge is -2.28. The Morgan fingerprint density at radius 3 is 2.13 bits per heavy atom. The van der Waals surface area contributed by atoms with Gasteiger partial charge in [-0.3, -0.25) is 9.59 Å². The molecule has 3 rings (SSSR count). The maximum Gasteiger partial charge on any atom is 0.335 e. The van der Waals surface area contributed by atoms with Gasteiger partial charge < -0.3 is 25.7 Å². The Balaban J connectivity index is 1.77. The highest BCUT2D eigenvalue weighted by atomic mass is 16.4. The van der Waals surface area contributed by atoms with Crippen LogP contribution in [0.15, 0.2) is 42.5 Å². The van der Waals surface area contributed by atoms with Crippen LogP contribution in [0, 0.1) is 11.8 Å². The fraction of sp³-hybridized carbons (Fsp3) is 0.467. The van der Waals surface area contributed by atoms with E-state index >= 15 is 0 Å². The van der Waals surface area contributed by atoms with Crippen LogP contribution in [0.2, 0.25) is 0 Å². The summed E-state index contributed by atoms with van der Waals surface area (Å²) in [4.78, 5) is 51.0. The van der Waals surface area contributed by atoms with E-state index in [4.69, 9.17) is 0 Å². The van der Waals surface area contributed by atoms with Gasteiger partial charge in [-0.2, -0.15) is 0 Å². The number of carbonyl (C=O) groups excluding carboxylic acids is 2. The third kappa shape index (κ3) is 8.64. The second kappa shape index (κ2) is 13.9. The number of carbonyl (C=O) groups is 4. The summed E-state index contributed by atoms with van der Waals surface area (Å²) < 4.78 is 0. The van der Waals surface area contributed by atoms with Crippen LogP contribution in [-0.2, 0) is 16.0 Å². The van der Waals surface area contributed by atoms with Crippen molar-refractivity contribution in [2.75, 3.05) is 31.5 Å². The molecular formula is C30H39N3O6. The molecule has 2 aromatic rings. The first-order valence-electron chi connectivity index (χ1n) is 13.5. The van der Waals surface area contributed by atoms with Crippen LogP contribution in [0.1, 0.15) is 77.8 Å². The topological polar surface area (TPSA) is 136 Å². The number of hydrogen-bond acceptors (Lipinski definition) is 5. The molecule has 1 fully saturated rings. The normalized spacial score (nSPS) is 15.0. The summed E-state index contributed by atoms with van der Waals surface area (Å²) in [6, 6.07) is 11.2. The molecule has 0 saturated carbocycles. The molecular weight excluding hydrogens is 498 g/mol. The van der Waals surface area contributed by atoms with Crippen LogP contribution in [0.3, 0.4) is 0 Å². The van der Waals surface area contributed by atoms with E-state index in [0.717, 1.165) is 24.2 Å². The summed E-state index contributed by atoms with van der Waals surface area (Å²) in [7, 11) is 0. The summed E-state index contributed by atoms with van der Waals surface area (Å²) in [5.41, 5.74) is 2.41. The van der Waals surface area contributed by atoms with Gasteiger partial charge in [0.1, 0.15) is 0 Å². The summed E-state index contributed by atoms with van der Waals surface area (Å²) >= 11 is 0. The number of anilines is 1. The quantitative estimate of drug-likeness (QED) is 0.318. The van der Waals surface area contributed by atoms with E-state index in [0.29, 0.717) is 44.5 Å². The third-order valence-corrected chi connectivity index (χ3v) is 7.24. The number of benzene rings is 2. The van der Waals surface area contributed by atoms with Crippen molar-refractivity contribution in [3.63, 3.8) is 0 Å². The molecule has 0 radical (unpaired) electrons. The molecule has 2 aromatic carbocycles. The molecule has 9 heteroatoms. The maximum atomic E-state index is 13.6. The molecule has 0 aliphatic carbocycles. The zero-order valence-corrected chi connectivity index (χ0v) is 22.9. The predicted molar refractivity (Wildman–Crippen MR) is 149 cm³/mol. The molecule has 0 bridgehead atoms. The Morgan fingerprint density at radius 1 is 0.923 bits per heavy atom. The van der Waals surface area contributed by atoms with Crippen LogP contribution in [0.25, 0.3) is 0 Å². The largest absolute Gasteiger partial charge is 0.478 e. The van der Waals surface area contributed by atoms with E-state index < -0.39 is 17.9 Å². The second-order valence-corrected chi connectivity index (χ2v) is 10.7. The number of amides is 2. The number of carboxylic acid groups (broad SMARTS) is 2. The van der Waals surface area contributed by atoms with Crippen LogP contribution in [0.4, 0.5) is 5.69 Å². The van der Waals surface area contributed by atoms with E-state index in [2.05, 4.69) is 10.6 Å². The Bertz CT molecular complexity index is 1170. The first-order chi connectivity index (χ1) is 18.5. The van der Waals surface area contributed by atoms with Crippen molar-refractivity contribution in [2.24, 2.45) is 11.8 Å². The number of carboxylic acids is 2. The Morgan fingerprint density at radius 2 is 1.54 bits per heavy atom. The second-order valence-electron chi connectivity index (χ2n) is 10.7. The minimum Gasteiger partial charge on any atom is -0.478 e. The SMILES string of the molecule is CC(CCC(=O)N1CCNCC1)CC(Cc1ccc(C(=O)O)cc1)C(=O)Nc1cc(C(=O)O)ccc1C(C)C. The molecule has 1 saturated heterocycles. The van der Waals surface area contributed by atoms with Gasteiger partial charge in [0.2, 0.25) is 11.8 Å². The molecule has 2 unspecified atom stereocenters. The first-order valence-corrected chi connectivity index (χ1v) is 13.5. The summed E-state index contributed by atoms with van der Waals surface area (Å²) in [5.74, 6) is -2.50. The van der Waals surface area contributed by atoms with Crippen molar-refractivity contribution >= 4 is 29.4 Å². The molecule has 1 heterocycles. The first kappa shape index (κ1) is 29.8. The van der Waals surface area contributed by atoms with Gasteiger partial charge in [-0.05, 0) is 66.5 Å². The molecule has 2 amide bonds. The number of nitrogens with zero attached hydrogens (tertiary/aromatic N) is 1. The predicted octanol–water partition coefficient (Wildman–Crippen LogP) is 4.24. The fourth-order valence-corrected chi connectivity index (χ4v) is 4.93. The molecule has 2 atom stereocenters. The molecule has 4 N–H and O–H groups in total. The monoisotopic (exact) mass is 537 g/mol. The molecule has 210 valence electrons. The van der Waals surface area contributed by atoms with Gasteiger partial charge in [-0.15, -0.1) is 0 Å². The van der Waals surface area contributed by atoms with Crippen LogP contribution < -0.4 is 10.6 Å². The Kier molecular flexibility index (Phi) is 10.6. The number of nitrogens with one attached hydrogen (secondary N) is 2. The average molecular weight is 538 g/mol. The highest BCUT2D eigenvalue weighted by Crippen LogP contribution is 2.28. The molecule has 39 heavy (non-hydrogen) atoms. The lowest BCUT2D eigenvalue weighted by Crippen LogP contribution is -2.46. The minimum atomic E-state index is -1.07. The van der Waals surface area contributed by atoms with Crippen molar-refractivity contribution in [1.82, 2.24) is 10.2 Å².